The van der Waals surface area contributed by atoms with E-state index in [1.807, 2.05) is 31.2 Å². The van der Waals surface area contributed by atoms with Crippen LogP contribution in [0.1, 0.15) is 28.9 Å². The lowest BCUT2D eigenvalue weighted by Gasteiger charge is -2.25. The Morgan fingerprint density at radius 2 is 1.94 bits per heavy atom. The maximum absolute atomic E-state index is 13.0. The van der Waals surface area contributed by atoms with Gasteiger partial charge in [0.05, 0.1) is 19.9 Å². The number of aliphatic carboxylic acids is 1. The third kappa shape index (κ3) is 4.00. The van der Waals surface area contributed by atoms with Gasteiger partial charge in [0.2, 0.25) is 0 Å². The first-order chi connectivity index (χ1) is 15.5. The van der Waals surface area contributed by atoms with Crippen LogP contribution in [0.25, 0.3) is 0 Å². The number of methoxy groups -OCH3 is 1. The molecule has 4 rings (SSSR count). The van der Waals surface area contributed by atoms with Gasteiger partial charge in [-0.15, -0.1) is 0 Å². The molecule has 3 N–H and O–H groups in total. The van der Waals surface area contributed by atoms with E-state index in [0.29, 0.717) is 23.8 Å². The van der Waals surface area contributed by atoms with Crippen molar-refractivity contribution in [1.29, 1.82) is 0 Å². The fourth-order valence-electron chi connectivity index (χ4n) is 3.49. The summed E-state index contributed by atoms with van der Waals surface area (Å²) in [5, 5.41) is 19.6. The van der Waals surface area contributed by atoms with Gasteiger partial charge in [-0.05, 0) is 43.3 Å². The summed E-state index contributed by atoms with van der Waals surface area (Å²) in [4.78, 5) is 24.8. The summed E-state index contributed by atoms with van der Waals surface area (Å²) in [6.45, 7) is 2.33. The first-order valence-electron chi connectivity index (χ1n) is 9.98. The van der Waals surface area contributed by atoms with Crippen molar-refractivity contribution >= 4 is 23.4 Å². The number of hydrogen-bond acceptors (Lipinski definition) is 6. The molecule has 164 valence electrons. The van der Waals surface area contributed by atoms with Gasteiger partial charge in [0.1, 0.15) is 34.6 Å². The van der Waals surface area contributed by atoms with Crippen molar-refractivity contribution in [3.05, 3.63) is 77.6 Å². The van der Waals surface area contributed by atoms with Crippen LogP contribution in [0.3, 0.4) is 0 Å². The van der Waals surface area contributed by atoms with E-state index in [9.17, 15) is 14.7 Å². The number of ether oxygens (including phenoxy) is 2. The Bertz CT molecular complexity index is 1180. The third-order valence-corrected chi connectivity index (χ3v) is 5.00. The molecule has 1 aliphatic rings. The van der Waals surface area contributed by atoms with E-state index in [1.165, 1.54) is 6.20 Å². The molecule has 1 atom stereocenters. The molecule has 1 amide bonds. The molecule has 0 aliphatic carbocycles. The number of carboxylic acid groups (broad SMARTS) is 1. The number of para-hydroxylation sites is 1. The number of aromatic nitrogens is 2. The van der Waals surface area contributed by atoms with Crippen LogP contribution in [0.15, 0.2) is 66.5 Å². The summed E-state index contributed by atoms with van der Waals surface area (Å²) in [6, 6.07) is 13.7. The van der Waals surface area contributed by atoms with E-state index in [0.717, 1.165) is 5.56 Å². The molecule has 0 unspecified atom stereocenters. The minimum atomic E-state index is -1.14. The van der Waals surface area contributed by atoms with Crippen molar-refractivity contribution in [2.75, 3.05) is 24.4 Å². The third-order valence-electron chi connectivity index (χ3n) is 5.00. The molecule has 0 bridgehead atoms. The smallest absolute Gasteiger partial charge is 0.352 e. The van der Waals surface area contributed by atoms with Gasteiger partial charge in [-0.3, -0.25) is 4.79 Å². The summed E-state index contributed by atoms with van der Waals surface area (Å²) in [5.41, 5.74) is 1.47. The largest absolute Gasteiger partial charge is 0.497 e. The molecule has 1 aliphatic heterocycles. The van der Waals surface area contributed by atoms with Gasteiger partial charge < -0.3 is 25.2 Å². The molecular formula is C23H22N4O5. The van der Waals surface area contributed by atoms with Crippen molar-refractivity contribution in [3.8, 4) is 11.5 Å². The second-order valence-corrected chi connectivity index (χ2v) is 6.96. The van der Waals surface area contributed by atoms with Crippen LogP contribution in [0.2, 0.25) is 0 Å². The molecule has 0 spiro atoms. The Kier molecular flexibility index (Phi) is 5.80. The molecule has 0 radical (unpaired) electrons. The van der Waals surface area contributed by atoms with Gasteiger partial charge in [-0.2, -0.15) is 5.10 Å². The number of fused-ring (bicyclic) bond motifs is 1. The van der Waals surface area contributed by atoms with Gasteiger partial charge in [0.25, 0.3) is 5.91 Å². The number of carbonyl (C=O) groups excluding carboxylic acids is 1. The Hall–Kier alpha value is -4.27. The van der Waals surface area contributed by atoms with Crippen LogP contribution in [-0.4, -0.2) is 40.5 Å². The van der Waals surface area contributed by atoms with Crippen molar-refractivity contribution in [2.24, 2.45) is 0 Å². The minimum Gasteiger partial charge on any atom is -0.497 e. The average molecular weight is 434 g/mol. The van der Waals surface area contributed by atoms with Crippen LogP contribution in [0.4, 0.5) is 11.5 Å². The van der Waals surface area contributed by atoms with Crippen LogP contribution in [0, 0.1) is 0 Å². The second kappa shape index (κ2) is 8.84. The van der Waals surface area contributed by atoms with Gasteiger partial charge in [0, 0.05) is 11.3 Å². The molecule has 0 saturated heterocycles. The van der Waals surface area contributed by atoms with Crippen molar-refractivity contribution in [1.82, 2.24) is 9.78 Å². The summed E-state index contributed by atoms with van der Waals surface area (Å²) in [7, 11) is 1.56. The van der Waals surface area contributed by atoms with E-state index in [-0.39, 0.29) is 17.1 Å². The van der Waals surface area contributed by atoms with Gasteiger partial charge in [0.15, 0.2) is 0 Å². The maximum Gasteiger partial charge on any atom is 0.352 e. The first kappa shape index (κ1) is 21.0. The Labute approximate surface area is 184 Å². The zero-order valence-corrected chi connectivity index (χ0v) is 17.5. The highest BCUT2D eigenvalue weighted by Gasteiger charge is 2.30. The second-order valence-electron chi connectivity index (χ2n) is 6.96. The minimum absolute atomic E-state index is 0.0483. The van der Waals surface area contributed by atoms with E-state index in [4.69, 9.17) is 9.47 Å². The van der Waals surface area contributed by atoms with E-state index in [1.54, 1.807) is 42.1 Å². The number of carboxylic acids is 1. The molecule has 32 heavy (non-hydrogen) atoms. The van der Waals surface area contributed by atoms with Crippen LogP contribution in [0.5, 0.6) is 11.5 Å². The zero-order valence-electron chi connectivity index (χ0n) is 17.5. The van der Waals surface area contributed by atoms with Gasteiger partial charge >= 0.3 is 5.97 Å². The molecule has 0 fully saturated rings. The lowest BCUT2D eigenvalue weighted by molar-refractivity contribution is -0.132. The lowest BCUT2D eigenvalue weighted by Crippen LogP contribution is -2.26. The Morgan fingerprint density at radius 1 is 1.19 bits per heavy atom. The fourth-order valence-corrected chi connectivity index (χ4v) is 3.49. The summed E-state index contributed by atoms with van der Waals surface area (Å²) < 4.78 is 12.4. The number of anilines is 2. The number of rotatable bonds is 7. The van der Waals surface area contributed by atoms with Crippen LogP contribution in [-0.2, 0) is 4.79 Å². The number of hydrogen-bond donors (Lipinski definition) is 3. The highest BCUT2D eigenvalue weighted by Crippen LogP contribution is 2.36. The van der Waals surface area contributed by atoms with E-state index in [2.05, 4.69) is 15.7 Å². The lowest BCUT2D eigenvalue weighted by atomic mass is 10.0. The number of amides is 1. The van der Waals surface area contributed by atoms with Crippen LogP contribution >= 0.6 is 0 Å². The predicted molar refractivity (Wildman–Crippen MR) is 118 cm³/mol. The zero-order chi connectivity index (χ0) is 22.7. The number of nitrogens with one attached hydrogen (secondary N) is 2. The monoisotopic (exact) mass is 434 g/mol. The summed E-state index contributed by atoms with van der Waals surface area (Å²) in [5.74, 6) is 0.00524. The SMILES string of the molecule is CCOc1ccccc1[C@H]1C=C(C(=O)O)Nc2c(C(=O)Nc3ccc(OC)cc3)cnn21. The average Bonchev–Trinajstić information content (AvgIpc) is 3.24. The number of benzene rings is 2. The molecule has 1 aromatic heterocycles. The van der Waals surface area contributed by atoms with Gasteiger partial charge in [-0.25, -0.2) is 9.48 Å². The molecule has 3 aromatic rings. The van der Waals surface area contributed by atoms with Crippen molar-refractivity contribution in [3.63, 3.8) is 0 Å². The molecule has 2 heterocycles. The van der Waals surface area contributed by atoms with Crippen molar-refractivity contribution < 1.29 is 24.2 Å². The van der Waals surface area contributed by atoms with E-state index < -0.39 is 17.9 Å². The topological polar surface area (TPSA) is 115 Å². The molecule has 2 aromatic carbocycles. The highest BCUT2D eigenvalue weighted by molar-refractivity contribution is 6.08. The molecule has 9 heteroatoms. The highest BCUT2D eigenvalue weighted by atomic mass is 16.5. The molecular weight excluding hydrogens is 412 g/mol. The Morgan fingerprint density at radius 3 is 2.62 bits per heavy atom. The number of allylic oxidation sites excluding steroid dienone is 1. The summed E-state index contributed by atoms with van der Waals surface area (Å²) >= 11 is 0. The first-order valence-corrected chi connectivity index (χ1v) is 9.98. The number of carbonyl (C=O) groups is 2. The van der Waals surface area contributed by atoms with E-state index >= 15 is 0 Å². The molecule has 9 nitrogen and oxygen atoms in total. The van der Waals surface area contributed by atoms with Crippen LogP contribution < -0.4 is 20.1 Å². The summed E-state index contributed by atoms with van der Waals surface area (Å²) in [6.07, 6.45) is 2.96. The quantitative estimate of drug-likeness (QED) is 0.521. The Balaban J connectivity index is 1.71. The van der Waals surface area contributed by atoms with Crippen molar-refractivity contribution in [2.45, 2.75) is 13.0 Å². The number of nitrogens with zero attached hydrogens (tertiary/aromatic N) is 2. The maximum atomic E-state index is 13.0. The normalized spacial score (nSPS) is 14.6. The standard InChI is InChI=1S/C23H22N4O5/c1-3-32-20-7-5-4-6-16(20)19-12-18(23(29)30)26-21-17(13-24-27(19)21)22(28)25-14-8-10-15(31-2)11-9-14/h4-13,19,26H,3H2,1-2H3,(H,25,28)(H,29,30)/t19-/m1/s1. The van der Waals surface area contributed by atoms with Gasteiger partial charge in [-0.1, -0.05) is 18.2 Å². The fraction of sp³-hybridized carbons (Fsp3) is 0.174. The molecule has 0 saturated carbocycles. The predicted octanol–water partition coefficient (Wildman–Crippen LogP) is 3.53.